The van der Waals surface area contributed by atoms with E-state index in [4.69, 9.17) is 5.11 Å². The highest BCUT2D eigenvalue weighted by molar-refractivity contribution is 5.92. The molecule has 100 valence electrons. The predicted molar refractivity (Wildman–Crippen MR) is 71.6 cm³/mol. The van der Waals surface area contributed by atoms with E-state index >= 15 is 0 Å². The lowest BCUT2D eigenvalue weighted by molar-refractivity contribution is 0.0958. The van der Waals surface area contributed by atoms with Crippen molar-refractivity contribution in [2.24, 2.45) is 5.41 Å². The zero-order valence-corrected chi connectivity index (χ0v) is 11.2. The molecule has 5 nitrogen and oxygen atoms in total. The van der Waals surface area contributed by atoms with E-state index in [9.17, 15) is 4.79 Å². The monoisotopic (exact) mass is 251 g/mol. The van der Waals surface area contributed by atoms with E-state index in [0.717, 1.165) is 18.7 Å². The lowest BCUT2D eigenvalue weighted by Gasteiger charge is -2.24. The first kappa shape index (κ1) is 14.4. The number of carbonyl (C=O) groups is 1. The molecule has 0 radical (unpaired) electrons. The quantitative estimate of drug-likeness (QED) is 0.711. The Balaban J connectivity index is 2.65. The number of amides is 1. The van der Waals surface area contributed by atoms with Crippen LogP contribution in [0.1, 0.15) is 30.8 Å². The molecule has 0 aromatic carbocycles. The molecule has 3 N–H and O–H groups in total. The Hall–Kier alpha value is -1.62. The molecule has 1 aromatic rings. The van der Waals surface area contributed by atoms with Gasteiger partial charge in [-0.15, -0.1) is 0 Å². The topological polar surface area (TPSA) is 74.2 Å². The Morgan fingerprint density at radius 3 is 2.83 bits per heavy atom. The molecule has 0 saturated heterocycles. The minimum Gasteiger partial charge on any atom is -0.396 e. The number of carbonyl (C=O) groups excluding carboxylic acids is 1. The normalized spacial score (nSPS) is 11.1. The van der Waals surface area contributed by atoms with E-state index in [2.05, 4.69) is 29.5 Å². The third-order valence-corrected chi connectivity index (χ3v) is 2.78. The third kappa shape index (κ3) is 4.33. The zero-order valence-electron chi connectivity index (χ0n) is 11.2. The van der Waals surface area contributed by atoms with Gasteiger partial charge in [0, 0.05) is 32.1 Å². The first-order valence-corrected chi connectivity index (χ1v) is 6.01. The molecule has 0 aliphatic carbocycles. The molecule has 0 spiro atoms. The predicted octanol–water partition coefficient (Wildman–Crippen LogP) is 1.26. The molecule has 1 amide bonds. The lowest BCUT2D eigenvalue weighted by Crippen LogP contribution is -2.24. The van der Waals surface area contributed by atoms with Gasteiger partial charge in [-0.2, -0.15) is 0 Å². The molecule has 0 atom stereocenters. The van der Waals surface area contributed by atoms with E-state index in [-0.39, 0.29) is 17.9 Å². The average molecular weight is 251 g/mol. The van der Waals surface area contributed by atoms with Gasteiger partial charge in [0.2, 0.25) is 0 Å². The average Bonchev–Trinajstić information content (AvgIpc) is 2.36. The lowest BCUT2D eigenvalue weighted by atomic mass is 9.90. The van der Waals surface area contributed by atoms with Crippen LogP contribution in [0.25, 0.3) is 0 Å². The van der Waals surface area contributed by atoms with Crippen molar-refractivity contribution in [2.45, 2.75) is 20.3 Å². The van der Waals surface area contributed by atoms with Crippen LogP contribution in [0, 0.1) is 5.41 Å². The Labute approximate surface area is 108 Å². The Morgan fingerprint density at radius 1 is 1.50 bits per heavy atom. The van der Waals surface area contributed by atoms with Gasteiger partial charge in [-0.05, 0) is 24.0 Å². The summed E-state index contributed by atoms with van der Waals surface area (Å²) in [6, 6.07) is 3.54. The van der Waals surface area contributed by atoms with Gasteiger partial charge in [0.1, 0.15) is 5.69 Å². The van der Waals surface area contributed by atoms with Crippen molar-refractivity contribution >= 4 is 11.6 Å². The van der Waals surface area contributed by atoms with Crippen LogP contribution >= 0.6 is 0 Å². The molecule has 1 heterocycles. The molecule has 0 saturated carbocycles. The molecular formula is C13H21N3O2. The number of aliphatic hydroxyl groups excluding tert-OH is 1. The number of pyridine rings is 1. The summed E-state index contributed by atoms with van der Waals surface area (Å²) in [5.74, 6) is -0.201. The summed E-state index contributed by atoms with van der Waals surface area (Å²) in [4.78, 5) is 15.4. The van der Waals surface area contributed by atoms with Crippen LogP contribution in [0.15, 0.2) is 18.3 Å². The summed E-state index contributed by atoms with van der Waals surface area (Å²) >= 11 is 0. The number of hydrogen-bond donors (Lipinski definition) is 3. The zero-order chi connectivity index (χ0) is 13.6. The van der Waals surface area contributed by atoms with Gasteiger partial charge in [0.05, 0.1) is 0 Å². The Kier molecular flexibility index (Phi) is 5.09. The second-order valence-electron chi connectivity index (χ2n) is 5.00. The van der Waals surface area contributed by atoms with Crippen LogP contribution in [0.2, 0.25) is 0 Å². The highest BCUT2D eigenvalue weighted by Gasteiger charge is 2.16. The number of aliphatic hydroxyl groups is 1. The van der Waals surface area contributed by atoms with Crippen LogP contribution in [0.3, 0.4) is 0 Å². The minimum atomic E-state index is -0.201. The van der Waals surface area contributed by atoms with Gasteiger partial charge >= 0.3 is 0 Å². The smallest absolute Gasteiger partial charge is 0.269 e. The van der Waals surface area contributed by atoms with Crippen LogP contribution in [-0.2, 0) is 0 Å². The highest BCUT2D eigenvalue weighted by Crippen LogP contribution is 2.20. The van der Waals surface area contributed by atoms with Crippen LogP contribution < -0.4 is 10.6 Å². The van der Waals surface area contributed by atoms with E-state index in [1.807, 2.05) is 6.07 Å². The van der Waals surface area contributed by atoms with Crippen molar-refractivity contribution in [1.82, 2.24) is 10.3 Å². The fraction of sp³-hybridized carbons (Fsp3) is 0.538. The highest BCUT2D eigenvalue weighted by atomic mass is 16.3. The molecule has 1 aromatic heterocycles. The van der Waals surface area contributed by atoms with Crippen LogP contribution in [0.5, 0.6) is 0 Å². The second kappa shape index (κ2) is 6.35. The van der Waals surface area contributed by atoms with Gasteiger partial charge in [-0.3, -0.25) is 9.78 Å². The molecule has 0 bridgehead atoms. The van der Waals surface area contributed by atoms with Gasteiger partial charge in [-0.25, -0.2) is 0 Å². The third-order valence-electron chi connectivity index (χ3n) is 2.78. The number of anilines is 1. The van der Waals surface area contributed by atoms with E-state index in [1.54, 1.807) is 19.3 Å². The molecular weight excluding hydrogens is 230 g/mol. The summed E-state index contributed by atoms with van der Waals surface area (Å²) in [5, 5.41) is 14.8. The SMILES string of the molecule is CNC(=O)c1cc(NCC(C)(C)CCO)ccn1. The number of rotatable bonds is 6. The molecule has 0 aliphatic heterocycles. The molecule has 18 heavy (non-hydrogen) atoms. The summed E-state index contributed by atoms with van der Waals surface area (Å²) in [6.45, 7) is 5.06. The van der Waals surface area contributed by atoms with Gasteiger partial charge in [-0.1, -0.05) is 13.8 Å². The Morgan fingerprint density at radius 2 is 2.22 bits per heavy atom. The van der Waals surface area contributed by atoms with Crippen LogP contribution in [-0.4, -0.2) is 36.2 Å². The summed E-state index contributed by atoms with van der Waals surface area (Å²) < 4.78 is 0. The van der Waals surface area contributed by atoms with Crippen LogP contribution in [0.4, 0.5) is 5.69 Å². The number of nitrogens with zero attached hydrogens (tertiary/aromatic N) is 1. The molecule has 0 fully saturated rings. The minimum absolute atomic E-state index is 0.00516. The number of nitrogens with one attached hydrogen (secondary N) is 2. The molecule has 5 heteroatoms. The largest absolute Gasteiger partial charge is 0.396 e. The fourth-order valence-electron chi connectivity index (χ4n) is 1.53. The molecule has 0 unspecified atom stereocenters. The summed E-state index contributed by atoms with van der Waals surface area (Å²) in [6.07, 6.45) is 2.33. The van der Waals surface area contributed by atoms with Crippen molar-refractivity contribution in [1.29, 1.82) is 0 Å². The maximum Gasteiger partial charge on any atom is 0.269 e. The molecule has 1 rings (SSSR count). The maximum atomic E-state index is 11.4. The van der Waals surface area contributed by atoms with Crippen molar-refractivity contribution in [2.75, 3.05) is 25.5 Å². The van der Waals surface area contributed by atoms with Crippen molar-refractivity contribution in [3.8, 4) is 0 Å². The summed E-state index contributed by atoms with van der Waals surface area (Å²) in [7, 11) is 1.58. The van der Waals surface area contributed by atoms with Crippen molar-refractivity contribution < 1.29 is 9.90 Å². The number of hydrogen-bond acceptors (Lipinski definition) is 4. The maximum absolute atomic E-state index is 11.4. The van der Waals surface area contributed by atoms with Gasteiger partial charge in [0.25, 0.3) is 5.91 Å². The van der Waals surface area contributed by atoms with E-state index in [0.29, 0.717) is 5.69 Å². The summed E-state index contributed by atoms with van der Waals surface area (Å²) in [5.41, 5.74) is 1.25. The van der Waals surface area contributed by atoms with Crippen molar-refractivity contribution in [3.63, 3.8) is 0 Å². The van der Waals surface area contributed by atoms with Crippen molar-refractivity contribution in [3.05, 3.63) is 24.0 Å². The standard InChI is InChI=1S/C13H21N3O2/c1-13(2,5-7-17)9-16-10-4-6-15-11(8-10)12(18)14-3/h4,6,8,17H,5,7,9H2,1-3H3,(H,14,18)(H,15,16). The van der Waals surface area contributed by atoms with E-state index in [1.165, 1.54) is 0 Å². The Bertz CT molecular complexity index is 405. The van der Waals surface area contributed by atoms with Gasteiger partial charge < -0.3 is 15.7 Å². The molecule has 0 aliphatic rings. The number of aromatic nitrogens is 1. The second-order valence-corrected chi connectivity index (χ2v) is 5.00. The first-order valence-electron chi connectivity index (χ1n) is 6.01. The fourth-order valence-corrected chi connectivity index (χ4v) is 1.53. The first-order chi connectivity index (χ1) is 8.48. The van der Waals surface area contributed by atoms with Gasteiger partial charge in [0.15, 0.2) is 0 Å². The van der Waals surface area contributed by atoms with E-state index < -0.39 is 0 Å².